The summed E-state index contributed by atoms with van der Waals surface area (Å²) in [7, 11) is 1.90. The molecule has 1 saturated heterocycles. The van der Waals surface area contributed by atoms with Gasteiger partial charge in [0.1, 0.15) is 0 Å². The van der Waals surface area contributed by atoms with Gasteiger partial charge in [0.05, 0.1) is 6.10 Å². The van der Waals surface area contributed by atoms with Crippen LogP contribution in [0.4, 0.5) is 0 Å². The van der Waals surface area contributed by atoms with Crippen molar-refractivity contribution in [2.75, 3.05) is 13.2 Å². The van der Waals surface area contributed by atoms with Gasteiger partial charge in [0.15, 0.2) is 0 Å². The molecule has 1 amide bonds. The first-order chi connectivity index (χ1) is 11.2. The van der Waals surface area contributed by atoms with E-state index in [-0.39, 0.29) is 12.0 Å². The fourth-order valence-corrected chi connectivity index (χ4v) is 3.08. The predicted octanol–water partition coefficient (Wildman–Crippen LogP) is 2.25. The van der Waals surface area contributed by atoms with E-state index in [2.05, 4.69) is 22.5 Å². The number of nitrogens with one attached hydrogen (secondary N) is 1. The van der Waals surface area contributed by atoms with Crippen LogP contribution in [-0.2, 0) is 23.0 Å². The highest BCUT2D eigenvalue weighted by atomic mass is 16.5. The molecule has 2 heterocycles. The van der Waals surface area contributed by atoms with E-state index in [1.807, 2.05) is 36.0 Å². The second-order valence-electron chi connectivity index (χ2n) is 6.00. The van der Waals surface area contributed by atoms with Gasteiger partial charge in [-0.3, -0.25) is 9.48 Å². The van der Waals surface area contributed by atoms with Gasteiger partial charge in [-0.05, 0) is 24.5 Å². The predicted molar refractivity (Wildman–Crippen MR) is 87.8 cm³/mol. The lowest BCUT2D eigenvalue weighted by molar-refractivity contribution is -0.121. The summed E-state index contributed by atoms with van der Waals surface area (Å²) in [6.45, 7) is 1.43. The van der Waals surface area contributed by atoms with E-state index in [0.29, 0.717) is 25.3 Å². The third-order valence-corrected chi connectivity index (χ3v) is 4.43. The fourth-order valence-electron chi connectivity index (χ4n) is 3.08. The lowest BCUT2D eigenvalue weighted by Crippen LogP contribution is -2.30. The molecular formula is C18H23N3O2. The van der Waals surface area contributed by atoms with Crippen molar-refractivity contribution in [3.05, 3.63) is 53.9 Å². The van der Waals surface area contributed by atoms with Crippen molar-refractivity contribution in [2.24, 2.45) is 13.0 Å². The zero-order chi connectivity index (χ0) is 16.1. The molecule has 2 atom stereocenters. The second-order valence-corrected chi connectivity index (χ2v) is 6.00. The number of hydrogen-bond acceptors (Lipinski definition) is 3. The molecule has 2 aromatic rings. The van der Waals surface area contributed by atoms with Crippen molar-refractivity contribution in [3.63, 3.8) is 0 Å². The molecule has 1 aromatic heterocycles. The van der Waals surface area contributed by atoms with Crippen LogP contribution in [0.25, 0.3) is 0 Å². The largest absolute Gasteiger partial charge is 0.373 e. The smallest absolute Gasteiger partial charge is 0.220 e. The number of benzene rings is 1. The minimum absolute atomic E-state index is 0.0879. The van der Waals surface area contributed by atoms with Crippen LogP contribution in [0.5, 0.6) is 0 Å². The topological polar surface area (TPSA) is 56.2 Å². The molecule has 1 aliphatic heterocycles. The quantitative estimate of drug-likeness (QED) is 0.890. The molecule has 0 aliphatic carbocycles. The summed E-state index contributed by atoms with van der Waals surface area (Å²) in [6, 6.07) is 12.2. The van der Waals surface area contributed by atoms with Crippen LogP contribution in [0.1, 0.15) is 30.2 Å². The van der Waals surface area contributed by atoms with Crippen LogP contribution in [0.15, 0.2) is 42.6 Å². The Labute approximate surface area is 136 Å². The van der Waals surface area contributed by atoms with E-state index in [1.165, 1.54) is 5.56 Å². The number of nitrogens with zero attached hydrogens (tertiary/aromatic N) is 2. The second kappa shape index (κ2) is 7.42. The summed E-state index contributed by atoms with van der Waals surface area (Å²) in [5.41, 5.74) is 2.27. The Hall–Kier alpha value is -2.14. The minimum Gasteiger partial charge on any atom is -0.373 e. The third kappa shape index (κ3) is 3.99. The van der Waals surface area contributed by atoms with Gasteiger partial charge >= 0.3 is 0 Å². The van der Waals surface area contributed by atoms with Gasteiger partial charge in [0, 0.05) is 44.4 Å². The Morgan fingerprint density at radius 2 is 2.17 bits per heavy atom. The van der Waals surface area contributed by atoms with E-state index in [1.54, 1.807) is 6.20 Å². The number of carbonyl (C=O) groups excluding carboxylic acids is 1. The van der Waals surface area contributed by atoms with Crippen molar-refractivity contribution in [1.29, 1.82) is 0 Å². The number of hydrogen-bond donors (Lipinski definition) is 1. The Balaban J connectivity index is 1.47. The first-order valence-corrected chi connectivity index (χ1v) is 8.14. The average Bonchev–Trinajstić information content (AvgIpc) is 3.20. The van der Waals surface area contributed by atoms with Crippen LogP contribution < -0.4 is 5.32 Å². The summed E-state index contributed by atoms with van der Waals surface area (Å²) in [6.07, 6.45) is 4.04. The van der Waals surface area contributed by atoms with E-state index in [0.717, 1.165) is 18.7 Å². The van der Waals surface area contributed by atoms with E-state index in [4.69, 9.17) is 4.74 Å². The summed E-state index contributed by atoms with van der Waals surface area (Å²) in [5.74, 6) is 0.433. The molecule has 0 spiro atoms. The lowest BCUT2D eigenvalue weighted by Gasteiger charge is -2.19. The zero-order valence-corrected chi connectivity index (χ0v) is 13.4. The number of rotatable bonds is 6. The molecule has 0 unspecified atom stereocenters. The van der Waals surface area contributed by atoms with Gasteiger partial charge in [-0.2, -0.15) is 5.10 Å². The number of ether oxygens (including phenoxy) is 1. The number of aromatic nitrogens is 2. The van der Waals surface area contributed by atoms with Crippen molar-refractivity contribution in [2.45, 2.75) is 25.4 Å². The monoisotopic (exact) mass is 313 g/mol. The lowest BCUT2D eigenvalue weighted by atomic mass is 9.95. The molecule has 5 nitrogen and oxygen atoms in total. The molecular weight excluding hydrogens is 290 g/mol. The number of aryl methyl sites for hydroxylation is 2. The minimum atomic E-state index is 0.0879. The van der Waals surface area contributed by atoms with Gasteiger partial charge in [-0.25, -0.2) is 0 Å². The molecule has 3 rings (SSSR count). The first-order valence-electron chi connectivity index (χ1n) is 8.14. The SMILES string of the molecule is Cn1nccc1CCC(=O)NC[C@H]1CCO[C@@H]1c1ccccc1. The van der Waals surface area contributed by atoms with Crippen molar-refractivity contribution in [1.82, 2.24) is 15.1 Å². The van der Waals surface area contributed by atoms with Gasteiger partial charge in [0.2, 0.25) is 5.91 Å². The molecule has 1 fully saturated rings. The summed E-state index contributed by atoms with van der Waals surface area (Å²) < 4.78 is 7.66. The summed E-state index contributed by atoms with van der Waals surface area (Å²) in [4.78, 5) is 12.1. The number of carbonyl (C=O) groups is 1. The van der Waals surface area contributed by atoms with Crippen molar-refractivity contribution >= 4 is 5.91 Å². The molecule has 0 radical (unpaired) electrons. The Morgan fingerprint density at radius 3 is 2.91 bits per heavy atom. The summed E-state index contributed by atoms with van der Waals surface area (Å²) >= 11 is 0. The molecule has 1 N–H and O–H groups in total. The van der Waals surface area contributed by atoms with Crippen LogP contribution in [-0.4, -0.2) is 28.8 Å². The van der Waals surface area contributed by atoms with Crippen LogP contribution in [0.2, 0.25) is 0 Å². The highest BCUT2D eigenvalue weighted by Gasteiger charge is 2.29. The van der Waals surface area contributed by atoms with E-state index < -0.39 is 0 Å². The van der Waals surface area contributed by atoms with Gasteiger partial charge in [-0.1, -0.05) is 30.3 Å². The first kappa shape index (κ1) is 15.7. The molecule has 5 heteroatoms. The molecule has 122 valence electrons. The van der Waals surface area contributed by atoms with Gasteiger partial charge in [0.25, 0.3) is 0 Å². The third-order valence-electron chi connectivity index (χ3n) is 4.43. The van der Waals surface area contributed by atoms with Gasteiger partial charge in [-0.15, -0.1) is 0 Å². The van der Waals surface area contributed by atoms with Crippen LogP contribution in [0, 0.1) is 5.92 Å². The zero-order valence-electron chi connectivity index (χ0n) is 13.4. The van der Waals surface area contributed by atoms with Crippen molar-refractivity contribution < 1.29 is 9.53 Å². The molecule has 1 aromatic carbocycles. The highest BCUT2D eigenvalue weighted by molar-refractivity contribution is 5.76. The number of amides is 1. The summed E-state index contributed by atoms with van der Waals surface area (Å²) in [5, 5.41) is 7.17. The van der Waals surface area contributed by atoms with Crippen molar-refractivity contribution in [3.8, 4) is 0 Å². The molecule has 0 saturated carbocycles. The molecule has 1 aliphatic rings. The normalized spacial score (nSPS) is 20.6. The van der Waals surface area contributed by atoms with Gasteiger partial charge < -0.3 is 10.1 Å². The maximum atomic E-state index is 12.1. The average molecular weight is 313 g/mol. The standard InChI is InChI=1S/C18H23N3O2/c1-21-16(9-11-20-21)7-8-17(22)19-13-15-10-12-23-18(15)14-5-3-2-4-6-14/h2-6,9,11,15,18H,7-8,10,12-13H2,1H3,(H,19,22)/t15-,18-/m1/s1. The Morgan fingerprint density at radius 1 is 1.35 bits per heavy atom. The Kier molecular flexibility index (Phi) is 5.08. The maximum absolute atomic E-state index is 12.1. The van der Waals surface area contributed by atoms with Crippen LogP contribution >= 0.6 is 0 Å². The molecule has 0 bridgehead atoms. The Bertz CT molecular complexity index is 639. The highest BCUT2D eigenvalue weighted by Crippen LogP contribution is 2.33. The fraction of sp³-hybridized carbons (Fsp3) is 0.444. The molecule has 23 heavy (non-hydrogen) atoms. The van der Waals surface area contributed by atoms with E-state index >= 15 is 0 Å². The van der Waals surface area contributed by atoms with E-state index in [9.17, 15) is 4.79 Å². The van der Waals surface area contributed by atoms with Crippen LogP contribution in [0.3, 0.4) is 0 Å². The maximum Gasteiger partial charge on any atom is 0.220 e.